The minimum atomic E-state index is 0.737. The van der Waals surface area contributed by atoms with Gasteiger partial charge < -0.3 is 9.64 Å². The standard InChI is InChI=1S/C20H25NO/c1-3-21(4-2)16-17-22-20-14-12-19(13-15-20)11-10-18-8-6-5-7-9-18/h5-15H,3-4,16-17H2,1-2H3. The van der Waals surface area contributed by atoms with E-state index in [-0.39, 0.29) is 0 Å². The number of hydrogen-bond donors (Lipinski definition) is 0. The van der Waals surface area contributed by atoms with Gasteiger partial charge in [-0.3, -0.25) is 0 Å². The number of nitrogens with zero attached hydrogens (tertiary/aromatic N) is 1. The highest BCUT2D eigenvalue weighted by Crippen LogP contribution is 2.14. The molecule has 0 spiro atoms. The van der Waals surface area contributed by atoms with Crippen LogP contribution in [0.5, 0.6) is 5.75 Å². The Hall–Kier alpha value is -2.06. The average Bonchev–Trinajstić information content (AvgIpc) is 2.59. The summed E-state index contributed by atoms with van der Waals surface area (Å²) >= 11 is 0. The van der Waals surface area contributed by atoms with E-state index in [2.05, 4.69) is 55.2 Å². The van der Waals surface area contributed by atoms with Crippen LogP contribution in [0.25, 0.3) is 12.2 Å². The van der Waals surface area contributed by atoms with E-state index in [1.54, 1.807) is 0 Å². The molecule has 116 valence electrons. The Labute approximate surface area is 134 Å². The normalized spacial score (nSPS) is 11.2. The van der Waals surface area contributed by atoms with Crippen molar-refractivity contribution in [3.63, 3.8) is 0 Å². The Kier molecular flexibility index (Phi) is 6.72. The zero-order valence-corrected chi connectivity index (χ0v) is 13.5. The van der Waals surface area contributed by atoms with Crippen LogP contribution < -0.4 is 4.74 Å². The maximum absolute atomic E-state index is 5.79. The Balaban J connectivity index is 1.84. The van der Waals surface area contributed by atoms with Gasteiger partial charge in [0.25, 0.3) is 0 Å². The molecule has 0 heterocycles. The summed E-state index contributed by atoms with van der Waals surface area (Å²) in [5.74, 6) is 0.934. The third kappa shape index (κ3) is 5.38. The predicted octanol–water partition coefficient (Wildman–Crippen LogP) is 4.58. The topological polar surface area (TPSA) is 12.5 Å². The first-order valence-electron chi connectivity index (χ1n) is 8.00. The van der Waals surface area contributed by atoms with Gasteiger partial charge in [-0.1, -0.05) is 68.5 Å². The third-order valence-corrected chi connectivity index (χ3v) is 3.72. The van der Waals surface area contributed by atoms with Crippen molar-refractivity contribution in [2.45, 2.75) is 13.8 Å². The molecule has 0 saturated heterocycles. The molecule has 0 aliphatic rings. The predicted molar refractivity (Wildman–Crippen MR) is 95.1 cm³/mol. The molecule has 0 radical (unpaired) electrons. The molecule has 2 rings (SSSR count). The van der Waals surface area contributed by atoms with Crippen molar-refractivity contribution >= 4 is 12.2 Å². The molecule has 0 saturated carbocycles. The molecule has 0 unspecified atom stereocenters. The van der Waals surface area contributed by atoms with Crippen molar-refractivity contribution in [1.82, 2.24) is 4.90 Å². The first-order valence-corrected chi connectivity index (χ1v) is 8.00. The molecule has 2 aromatic carbocycles. The van der Waals surface area contributed by atoms with Gasteiger partial charge in [-0.15, -0.1) is 0 Å². The van der Waals surface area contributed by atoms with Crippen LogP contribution >= 0.6 is 0 Å². The monoisotopic (exact) mass is 295 g/mol. The van der Waals surface area contributed by atoms with Gasteiger partial charge in [-0.25, -0.2) is 0 Å². The summed E-state index contributed by atoms with van der Waals surface area (Å²) in [6.45, 7) is 8.21. The van der Waals surface area contributed by atoms with E-state index in [4.69, 9.17) is 4.74 Å². The quantitative estimate of drug-likeness (QED) is 0.661. The highest BCUT2D eigenvalue weighted by Gasteiger charge is 1.99. The molecule has 0 bridgehead atoms. The van der Waals surface area contributed by atoms with Crippen molar-refractivity contribution in [2.75, 3.05) is 26.2 Å². The van der Waals surface area contributed by atoms with E-state index in [0.29, 0.717) is 0 Å². The van der Waals surface area contributed by atoms with Crippen LogP contribution in [-0.4, -0.2) is 31.1 Å². The van der Waals surface area contributed by atoms with Crippen LogP contribution in [-0.2, 0) is 0 Å². The fraction of sp³-hybridized carbons (Fsp3) is 0.300. The Morgan fingerprint density at radius 3 is 2.00 bits per heavy atom. The van der Waals surface area contributed by atoms with E-state index < -0.39 is 0 Å². The lowest BCUT2D eigenvalue weighted by Gasteiger charge is -2.17. The lowest BCUT2D eigenvalue weighted by Crippen LogP contribution is -2.27. The zero-order valence-electron chi connectivity index (χ0n) is 13.5. The summed E-state index contributed by atoms with van der Waals surface area (Å²) in [5.41, 5.74) is 2.39. The van der Waals surface area contributed by atoms with Crippen molar-refractivity contribution in [2.24, 2.45) is 0 Å². The Bertz CT molecular complexity index is 556. The molecular formula is C20H25NO. The maximum Gasteiger partial charge on any atom is 0.119 e. The van der Waals surface area contributed by atoms with Crippen LogP contribution in [0.1, 0.15) is 25.0 Å². The second-order valence-corrected chi connectivity index (χ2v) is 5.19. The third-order valence-electron chi connectivity index (χ3n) is 3.72. The Morgan fingerprint density at radius 2 is 1.41 bits per heavy atom. The molecule has 0 aliphatic carbocycles. The van der Waals surface area contributed by atoms with Crippen molar-refractivity contribution < 1.29 is 4.74 Å². The van der Waals surface area contributed by atoms with Crippen molar-refractivity contribution in [3.05, 3.63) is 65.7 Å². The van der Waals surface area contributed by atoms with Crippen LogP contribution in [0.3, 0.4) is 0 Å². The van der Waals surface area contributed by atoms with Gasteiger partial charge in [0.15, 0.2) is 0 Å². The second-order valence-electron chi connectivity index (χ2n) is 5.19. The van der Waals surface area contributed by atoms with Gasteiger partial charge in [0.2, 0.25) is 0 Å². The van der Waals surface area contributed by atoms with Crippen molar-refractivity contribution in [3.8, 4) is 5.75 Å². The number of hydrogen-bond acceptors (Lipinski definition) is 2. The number of benzene rings is 2. The molecule has 2 aromatic rings. The van der Waals surface area contributed by atoms with Crippen molar-refractivity contribution in [1.29, 1.82) is 0 Å². The molecule has 0 amide bonds. The number of ether oxygens (including phenoxy) is 1. The van der Waals surface area contributed by atoms with Gasteiger partial charge >= 0.3 is 0 Å². The molecule has 0 N–H and O–H groups in total. The molecule has 0 fully saturated rings. The lowest BCUT2D eigenvalue weighted by atomic mass is 10.1. The summed E-state index contributed by atoms with van der Waals surface area (Å²) in [4.78, 5) is 2.36. The van der Waals surface area contributed by atoms with Gasteiger partial charge in [-0.2, -0.15) is 0 Å². The smallest absolute Gasteiger partial charge is 0.119 e. The fourth-order valence-corrected chi connectivity index (χ4v) is 2.26. The van der Waals surface area contributed by atoms with E-state index >= 15 is 0 Å². The molecule has 0 atom stereocenters. The lowest BCUT2D eigenvalue weighted by molar-refractivity contribution is 0.223. The summed E-state index contributed by atoms with van der Waals surface area (Å²) < 4.78 is 5.79. The van der Waals surface area contributed by atoms with Crippen LogP contribution in [0.4, 0.5) is 0 Å². The van der Waals surface area contributed by atoms with Crippen LogP contribution in [0, 0.1) is 0 Å². The van der Waals surface area contributed by atoms with E-state index in [0.717, 1.165) is 32.0 Å². The SMILES string of the molecule is CCN(CC)CCOc1ccc(C=Cc2ccccc2)cc1. The minimum absolute atomic E-state index is 0.737. The van der Waals surface area contributed by atoms with Gasteiger partial charge in [-0.05, 0) is 36.3 Å². The summed E-state index contributed by atoms with van der Waals surface area (Å²) in [6, 6.07) is 18.6. The fourth-order valence-electron chi connectivity index (χ4n) is 2.26. The molecule has 2 heteroatoms. The van der Waals surface area contributed by atoms with Gasteiger partial charge in [0.1, 0.15) is 12.4 Å². The summed E-state index contributed by atoms with van der Waals surface area (Å²) in [7, 11) is 0. The average molecular weight is 295 g/mol. The minimum Gasteiger partial charge on any atom is -0.492 e. The van der Waals surface area contributed by atoms with E-state index in [1.165, 1.54) is 11.1 Å². The summed E-state index contributed by atoms with van der Waals surface area (Å²) in [6.07, 6.45) is 4.24. The highest BCUT2D eigenvalue weighted by molar-refractivity contribution is 5.69. The molecular weight excluding hydrogens is 270 g/mol. The van der Waals surface area contributed by atoms with Crippen LogP contribution in [0.2, 0.25) is 0 Å². The molecule has 2 nitrogen and oxygen atoms in total. The van der Waals surface area contributed by atoms with Crippen LogP contribution in [0.15, 0.2) is 54.6 Å². The first-order chi connectivity index (χ1) is 10.8. The molecule has 0 aromatic heterocycles. The highest BCUT2D eigenvalue weighted by atomic mass is 16.5. The Morgan fingerprint density at radius 1 is 0.818 bits per heavy atom. The second kappa shape index (κ2) is 9.06. The van der Waals surface area contributed by atoms with E-state index in [9.17, 15) is 0 Å². The largest absolute Gasteiger partial charge is 0.492 e. The summed E-state index contributed by atoms with van der Waals surface area (Å²) in [5, 5.41) is 0. The van der Waals surface area contributed by atoms with E-state index in [1.807, 2.05) is 30.3 Å². The maximum atomic E-state index is 5.79. The zero-order chi connectivity index (χ0) is 15.6. The number of rotatable bonds is 8. The molecule has 0 aliphatic heterocycles. The molecule has 22 heavy (non-hydrogen) atoms. The first kappa shape index (κ1) is 16.3. The van der Waals surface area contributed by atoms with Gasteiger partial charge in [0.05, 0.1) is 0 Å². The van der Waals surface area contributed by atoms with Gasteiger partial charge in [0, 0.05) is 6.54 Å². The number of likely N-dealkylation sites (N-methyl/N-ethyl adjacent to an activating group) is 1.